The summed E-state index contributed by atoms with van der Waals surface area (Å²) in [6, 6.07) is 0. The summed E-state index contributed by atoms with van der Waals surface area (Å²) < 4.78 is 5.57. The molecule has 18 heavy (non-hydrogen) atoms. The van der Waals surface area contributed by atoms with E-state index in [4.69, 9.17) is 4.74 Å². The zero-order valence-electron chi connectivity index (χ0n) is 13.3. The molecule has 0 aromatic heterocycles. The first kappa shape index (κ1) is 17.9. The van der Waals surface area contributed by atoms with Gasteiger partial charge in [-0.3, -0.25) is 0 Å². The van der Waals surface area contributed by atoms with Crippen LogP contribution >= 0.6 is 0 Å². The normalized spacial score (nSPS) is 15.0. The summed E-state index contributed by atoms with van der Waals surface area (Å²) in [7, 11) is 0. The molecule has 0 saturated heterocycles. The molecular weight excluding hydrogens is 222 g/mol. The maximum Gasteiger partial charge on any atom is 0.0471 e. The summed E-state index contributed by atoms with van der Waals surface area (Å²) in [6.07, 6.45) is 6.41. The maximum absolute atomic E-state index is 5.57. The molecule has 0 saturated carbocycles. The molecule has 0 heterocycles. The third-order valence-electron chi connectivity index (χ3n) is 3.84. The van der Waals surface area contributed by atoms with Crippen molar-refractivity contribution in [3.8, 4) is 0 Å². The van der Waals surface area contributed by atoms with Crippen molar-refractivity contribution in [3.63, 3.8) is 0 Å². The van der Waals surface area contributed by atoms with E-state index >= 15 is 0 Å². The van der Waals surface area contributed by atoms with Crippen molar-refractivity contribution >= 4 is 0 Å². The Morgan fingerprint density at radius 1 is 1.11 bits per heavy atom. The topological polar surface area (TPSA) is 21.3 Å². The minimum absolute atomic E-state index is 0.445. The Hall–Kier alpha value is -0.0800. The van der Waals surface area contributed by atoms with E-state index in [2.05, 4.69) is 39.9 Å². The molecule has 0 aliphatic heterocycles. The summed E-state index contributed by atoms with van der Waals surface area (Å²) in [4.78, 5) is 0. The van der Waals surface area contributed by atoms with Crippen LogP contribution < -0.4 is 5.32 Å². The Kier molecular flexibility index (Phi) is 10.8. The van der Waals surface area contributed by atoms with Crippen molar-refractivity contribution in [1.29, 1.82) is 0 Å². The number of nitrogens with one attached hydrogen (secondary N) is 1. The average molecular weight is 257 g/mol. The van der Waals surface area contributed by atoms with Gasteiger partial charge in [0.25, 0.3) is 0 Å². The fourth-order valence-corrected chi connectivity index (χ4v) is 2.39. The van der Waals surface area contributed by atoms with Crippen LogP contribution in [0.25, 0.3) is 0 Å². The highest BCUT2D eigenvalue weighted by molar-refractivity contribution is 4.80. The third kappa shape index (κ3) is 8.10. The summed E-state index contributed by atoms with van der Waals surface area (Å²) in [5.74, 6) is 0.734. The van der Waals surface area contributed by atoms with E-state index in [0.717, 1.165) is 32.2 Å². The molecule has 2 nitrogen and oxygen atoms in total. The molecule has 0 spiro atoms. The lowest BCUT2D eigenvalue weighted by molar-refractivity contribution is 0.0922. The molecule has 1 N–H and O–H groups in total. The van der Waals surface area contributed by atoms with Crippen LogP contribution in [0.4, 0.5) is 0 Å². The Morgan fingerprint density at radius 2 is 1.83 bits per heavy atom. The first-order valence-corrected chi connectivity index (χ1v) is 7.88. The molecule has 0 bridgehead atoms. The summed E-state index contributed by atoms with van der Waals surface area (Å²) in [6.45, 7) is 15.3. The van der Waals surface area contributed by atoms with Gasteiger partial charge in [-0.2, -0.15) is 0 Å². The van der Waals surface area contributed by atoms with E-state index in [-0.39, 0.29) is 0 Å². The van der Waals surface area contributed by atoms with E-state index < -0.39 is 0 Å². The van der Waals surface area contributed by atoms with Crippen molar-refractivity contribution in [1.82, 2.24) is 5.32 Å². The fraction of sp³-hybridized carbons (Fsp3) is 1.00. The van der Waals surface area contributed by atoms with Crippen LogP contribution in [0.1, 0.15) is 66.7 Å². The summed E-state index contributed by atoms with van der Waals surface area (Å²) in [5.41, 5.74) is 0.445. The molecule has 0 aliphatic carbocycles. The molecule has 1 unspecified atom stereocenters. The van der Waals surface area contributed by atoms with Gasteiger partial charge in [0.1, 0.15) is 0 Å². The Morgan fingerprint density at radius 3 is 2.33 bits per heavy atom. The standard InChI is InChI=1S/C16H35NO/c1-6-9-10-16(7-2,11-12-18-8-3)14-17-13-15(4)5/h15,17H,6-14H2,1-5H3. The van der Waals surface area contributed by atoms with Gasteiger partial charge >= 0.3 is 0 Å². The van der Waals surface area contributed by atoms with Crippen LogP contribution in [0, 0.1) is 11.3 Å². The van der Waals surface area contributed by atoms with Crippen LogP contribution in [0.2, 0.25) is 0 Å². The van der Waals surface area contributed by atoms with Crippen molar-refractivity contribution in [2.75, 3.05) is 26.3 Å². The quantitative estimate of drug-likeness (QED) is 0.528. The molecule has 0 radical (unpaired) electrons. The molecule has 0 fully saturated rings. The molecular formula is C16H35NO. The fourth-order valence-electron chi connectivity index (χ4n) is 2.39. The lowest BCUT2D eigenvalue weighted by atomic mass is 9.77. The van der Waals surface area contributed by atoms with E-state index in [1.807, 2.05) is 0 Å². The van der Waals surface area contributed by atoms with Crippen molar-refractivity contribution < 1.29 is 4.74 Å². The van der Waals surface area contributed by atoms with Gasteiger partial charge in [-0.15, -0.1) is 0 Å². The van der Waals surface area contributed by atoms with Gasteiger partial charge in [-0.25, -0.2) is 0 Å². The van der Waals surface area contributed by atoms with Gasteiger partial charge < -0.3 is 10.1 Å². The number of rotatable bonds is 12. The smallest absolute Gasteiger partial charge is 0.0471 e. The Bertz CT molecular complexity index is 182. The van der Waals surface area contributed by atoms with Crippen LogP contribution in [-0.2, 0) is 4.74 Å². The third-order valence-corrected chi connectivity index (χ3v) is 3.84. The van der Waals surface area contributed by atoms with Gasteiger partial charge in [0.2, 0.25) is 0 Å². The largest absolute Gasteiger partial charge is 0.382 e. The van der Waals surface area contributed by atoms with E-state index in [0.29, 0.717) is 5.41 Å². The molecule has 0 rings (SSSR count). The van der Waals surface area contributed by atoms with Crippen molar-refractivity contribution in [3.05, 3.63) is 0 Å². The zero-order chi connectivity index (χ0) is 13.9. The minimum Gasteiger partial charge on any atom is -0.382 e. The maximum atomic E-state index is 5.57. The van der Waals surface area contributed by atoms with Crippen molar-refractivity contribution in [2.24, 2.45) is 11.3 Å². The van der Waals surface area contributed by atoms with Crippen LogP contribution in [0.3, 0.4) is 0 Å². The molecule has 2 heteroatoms. The lowest BCUT2D eigenvalue weighted by Gasteiger charge is -2.33. The number of unbranched alkanes of at least 4 members (excludes halogenated alkanes) is 1. The number of ether oxygens (including phenoxy) is 1. The van der Waals surface area contributed by atoms with E-state index in [9.17, 15) is 0 Å². The molecule has 1 atom stereocenters. The van der Waals surface area contributed by atoms with Crippen LogP contribution in [-0.4, -0.2) is 26.3 Å². The second-order valence-corrected chi connectivity index (χ2v) is 5.93. The second kappa shape index (κ2) is 10.8. The first-order valence-electron chi connectivity index (χ1n) is 7.88. The molecule has 0 aliphatic rings. The van der Waals surface area contributed by atoms with Crippen LogP contribution in [0.5, 0.6) is 0 Å². The number of hydrogen-bond acceptors (Lipinski definition) is 2. The van der Waals surface area contributed by atoms with Gasteiger partial charge in [0, 0.05) is 19.8 Å². The zero-order valence-corrected chi connectivity index (χ0v) is 13.3. The van der Waals surface area contributed by atoms with Gasteiger partial charge in [-0.1, -0.05) is 40.5 Å². The first-order chi connectivity index (χ1) is 8.60. The van der Waals surface area contributed by atoms with Gasteiger partial charge in [0.15, 0.2) is 0 Å². The molecule has 0 aromatic carbocycles. The van der Waals surface area contributed by atoms with E-state index in [1.165, 1.54) is 32.1 Å². The molecule has 110 valence electrons. The SMILES string of the molecule is CCCCC(CC)(CCOCC)CNCC(C)C. The molecule has 0 aromatic rings. The highest BCUT2D eigenvalue weighted by atomic mass is 16.5. The lowest BCUT2D eigenvalue weighted by Crippen LogP contribution is -2.36. The average Bonchev–Trinajstić information content (AvgIpc) is 2.35. The highest BCUT2D eigenvalue weighted by Crippen LogP contribution is 2.32. The van der Waals surface area contributed by atoms with Gasteiger partial charge in [0.05, 0.1) is 0 Å². The number of hydrogen-bond donors (Lipinski definition) is 1. The Balaban J connectivity index is 4.24. The van der Waals surface area contributed by atoms with Gasteiger partial charge in [-0.05, 0) is 44.1 Å². The van der Waals surface area contributed by atoms with Crippen molar-refractivity contribution in [2.45, 2.75) is 66.7 Å². The minimum atomic E-state index is 0.445. The molecule has 0 amide bonds. The second-order valence-electron chi connectivity index (χ2n) is 5.93. The monoisotopic (exact) mass is 257 g/mol. The predicted octanol–water partition coefficient (Wildman–Crippen LogP) is 4.25. The summed E-state index contributed by atoms with van der Waals surface area (Å²) >= 11 is 0. The van der Waals surface area contributed by atoms with E-state index in [1.54, 1.807) is 0 Å². The Labute approximate surface area is 115 Å². The predicted molar refractivity (Wildman–Crippen MR) is 81.1 cm³/mol. The summed E-state index contributed by atoms with van der Waals surface area (Å²) in [5, 5.41) is 3.66. The highest BCUT2D eigenvalue weighted by Gasteiger charge is 2.26. The van der Waals surface area contributed by atoms with Crippen LogP contribution in [0.15, 0.2) is 0 Å².